The van der Waals surface area contributed by atoms with Gasteiger partial charge >= 0.3 is 0 Å². The van der Waals surface area contributed by atoms with E-state index in [1.54, 1.807) is 0 Å². The Labute approximate surface area is 408 Å². The first kappa shape index (κ1) is 39.9. The summed E-state index contributed by atoms with van der Waals surface area (Å²) in [4.78, 5) is 0. The van der Waals surface area contributed by atoms with Crippen molar-refractivity contribution in [3.05, 3.63) is 206 Å². The Kier molecular flexibility index (Phi) is 8.14. The predicted molar refractivity (Wildman–Crippen MR) is 302 cm³/mol. The first-order chi connectivity index (χ1) is 34.2. The fourth-order valence-corrected chi connectivity index (χ4v) is 18.8. The van der Waals surface area contributed by atoms with E-state index in [2.05, 4.69) is 232 Å². The van der Waals surface area contributed by atoms with Gasteiger partial charge in [-0.1, -0.05) is 220 Å². The van der Waals surface area contributed by atoms with Gasteiger partial charge in [0.25, 0.3) is 0 Å². The van der Waals surface area contributed by atoms with Crippen molar-refractivity contribution >= 4 is 102 Å². The Morgan fingerprint density at radius 1 is 0.286 bits per heavy atom. The lowest BCUT2D eigenvalue weighted by molar-refractivity contribution is 0.670. The summed E-state index contributed by atoms with van der Waals surface area (Å²) in [6, 6.07) is 76.5. The van der Waals surface area contributed by atoms with Crippen LogP contribution in [-0.4, -0.2) is 16.1 Å². The summed E-state index contributed by atoms with van der Waals surface area (Å²) < 4.78 is 14.0. The molecule has 15 rings (SSSR count). The summed E-state index contributed by atoms with van der Waals surface area (Å²) in [6.07, 6.45) is 0. The van der Waals surface area contributed by atoms with Gasteiger partial charge in [0.2, 0.25) is 0 Å². The van der Waals surface area contributed by atoms with Crippen LogP contribution in [0.5, 0.6) is 0 Å². The second-order valence-electron chi connectivity index (χ2n) is 20.7. The molecule has 0 N–H and O–H groups in total. The molecule has 2 aliphatic heterocycles. The standard InChI is InChI=1S/C66H46O2Si2/c1-69(2)57-37-54-58(38-53(57)61-59(69)35-51(65-63(61)49-21-9-11-25-55(49)67-65)43-31-27-41(28-32-43)47-23-13-17-39-15-5-7-19-45(39)47)70(3,4)60-36-52(66-64(62(54)60)50-22-10-12-26-56(50)68-66)44-33-29-42(30-34-44)48-24-14-18-40-16-6-8-20-46(40)48/h5-38H,1-4H3. The van der Waals surface area contributed by atoms with E-state index in [0.29, 0.717) is 0 Å². The Hall–Kier alpha value is -8.03. The van der Waals surface area contributed by atoms with Crippen LogP contribution in [0.3, 0.4) is 0 Å². The van der Waals surface area contributed by atoms with Gasteiger partial charge in [-0.3, -0.25) is 0 Å². The van der Waals surface area contributed by atoms with Gasteiger partial charge in [0.15, 0.2) is 0 Å². The van der Waals surface area contributed by atoms with Crippen LogP contribution in [0.15, 0.2) is 215 Å². The highest BCUT2D eigenvalue weighted by Gasteiger charge is 2.46. The van der Waals surface area contributed by atoms with E-state index in [9.17, 15) is 0 Å². The summed E-state index contributed by atoms with van der Waals surface area (Å²) >= 11 is 0. The number of hydrogen-bond donors (Lipinski definition) is 0. The quantitative estimate of drug-likeness (QED) is 0.164. The lowest BCUT2D eigenvalue weighted by Crippen LogP contribution is -2.51. The second kappa shape index (κ2) is 14.3. The van der Waals surface area contributed by atoms with Crippen molar-refractivity contribution in [3.63, 3.8) is 0 Å². The van der Waals surface area contributed by atoms with Crippen LogP contribution in [0.25, 0.3) is 132 Å². The van der Waals surface area contributed by atoms with Crippen LogP contribution < -0.4 is 20.7 Å². The van der Waals surface area contributed by atoms with Crippen LogP contribution in [0, 0.1) is 0 Å². The van der Waals surface area contributed by atoms with Gasteiger partial charge in [-0.2, -0.15) is 0 Å². The first-order valence-electron chi connectivity index (χ1n) is 24.6. The van der Waals surface area contributed by atoms with Gasteiger partial charge < -0.3 is 8.83 Å². The Balaban J connectivity index is 0.914. The van der Waals surface area contributed by atoms with Crippen molar-refractivity contribution in [3.8, 4) is 66.8 Å². The summed E-state index contributed by atoms with van der Waals surface area (Å²) in [7, 11) is -4.59. The van der Waals surface area contributed by atoms with E-state index in [4.69, 9.17) is 8.83 Å². The van der Waals surface area contributed by atoms with Crippen LogP contribution in [0.2, 0.25) is 26.2 Å². The van der Waals surface area contributed by atoms with Gasteiger partial charge in [0.05, 0.1) is 0 Å². The maximum Gasteiger partial charge on any atom is 0.143 e. The van der Waals surface area contributed by atoms with Gasteiger partial charge in [-0.15, -0.1) is 0 Å². The Morgan fingerprint density at radius 3 is 1.03 bits per heavy atom. The zero-order valence-corrected chi connectivity index (χ0v) is 41.4. The van der Waals surface area contributed by atoms with E-state index in [1.807, 2.05) is 0 Å². The third kappa shape index (κ3) is 5.43. The van der Waals surface area contributed by atoms with Crippen molar-refractivity contribution in [2.45, 2.75) is 26.2 Å². The zero-order chi connectivity index (χ0) is 46.6. The predicted octanol–water partition coefficient (Wildman–Crippen LogP) is 16.1. The fourth-order valence-electron chi connectivity index (χ4n) is 12.7. The molecule has 2 aliphatic rings. The minimum Gasteiger partial charge on any atom is -0.455 e. The smallest absolute Gasteiger partial charge is 0.143 e. The first-order valence-corrected chi connectivity index (χ1v) is 30.6. The summed E-state index contributed by atoms with van der Waals surface area (Å²) in [6.45, 7) is 10.3. The zero-order valence-electron chi connectivity index (χ0n) is 39.4. The van der Waals surface area contributed by atoms with Crippen molar-refractivity contribution in [2.24, 2.45) is 0 Å². The number of rotatable bonds is 4. The molecule has 0 aliphatic carbocycles. The lowest BCUT2D eigenvalue weighted by atomic mass is 9.91. The molecule has 0 saturated heterocycles. The van der Waals surface area contributed by atoms with E-state index in [1.165, 1.54) is 131 Å². The average Bonchev–Trinajstić information content (AvgIpc) is 4.10. The van der Waals surface area contributed by atoms with Gasteiger partial charge in [0.1, 0.15) is 38.5 Å². The fraction of sp³-hybridized carbons (Fsp3) is 0.0606. The molecule has 0 bridgehead atoms. The van der Waals surface area contributed by atoms with Crippen LogP contribution >= 0.6 is 0 Å². The SMILES string of the molecule is C[Si]1(C)c2cc3c(cc2-c2c1cc(-c1ccc(-c4cccc5ccccc45)cc1)c1oc4ccccc4c21)[Si](C)(C)c1cc(-c2ccc(-c4cccc5ccccc45)cc2)c2oc4ccccc4c2c1-3. The van der Waals surface area contributed by atoms with Crippen molar-refractivity contribution < 1.29 is 8.83 Å². The molecule has 0 spiro atoms. The molecule has 11 aromatic carbocycles. The number of benzene rings is 11. The van der Waals surface area contributed by atoms with E-state index in [-0.39, 0.29) is 0 Å². The maximum atomic E-state index is 7.00. The third-order valence-corrected chi connectivity index (χ3v) is 23.3. The van der Waals surface area contributed by atoms with E-state index >= 15 is 0 Å². The lowest BCUT2D eigenvalue weighted by Gasteiger charge is -2.22. The highest BCUT2D eigenvalue weighted by molar-refractivity contribution is 7.06. The largest absolute Gasteiger partial charge is 0.455 e. The number of para-hydroxylation sites is 2. The highest BCUT2D eigenvalue weighted by atomic mass is 28.3. The molecular formula is C66H46O2Si2. The van der Waals surface area contributed by atoms with Gasteiger partial charge in [-0.05, 0) is 110 Å². The number of furan rings is 2. The maximum absolute atomic E-state index is 7.00. The summed E-state index contributed by atoms with van der Waals surface area (Å²) in [5.74, 6) is 0. The number of fused-ring (bicyclic) bond motifs is 16. The molecule has 2 aromatic heterocycles. The van der Waals surface area contributed by atoms with Crippen molar-refractivity contribution in [1.29, 1.82) is 0 Å². The monoisotopic (exact) mass is 926 g/mol. The molecule has 13 aromatic rings. The molecule has 4 heterocycles. The van der Waals surface area contributed by atoms with Crippen molar-refractivity contribution in [1.82, 2.24) is 0 Å². The van der Waals surface area contributed by atoms with Crippen LogP contribution in [0.1, 0.15) is 0 Å². The summed E-state index contributed by atoms with van der Waals surface area (Å²) in [5.41, 5.74) is 19.0. The van der Waals surface area contributed by atoms with Crippen molar-refractivity contribution in [2.75, 3.05) is 0 Å². The molecule has 0 saturated carbocycles. The Morgan fingerprint density at radius 2 is 0.614 bits per heavy atom. The molecule has 4 heteroatoms. The van der Waals surface area contributed by atoms with Crippen LogP contribution in [-0.2, 0) is 0 Å². The highest BCUT2D eigenvalue weighted by Crippen LogP contribution is 2.48. The van der Waals surface area contributed by atoms with E-state index < -0.39 is 16.1 Å². The molecule has 0 amide bonds. The number of hydrogen-bond acceptors (Lipinski definition) is 2. The topological polar surface area (TPSA) is 26.3 Å². The molecule has 70 heavy (non-hydrogen) atoms. The van der Waals surface area contributed by atoms with Crippen LogP contribution in [0.4, 0.5) is 0 Å². The normalized spacial score (nSPS) is 14.2. The molecule has 0 atom stereocenters. The van der Waals surface area contributed by atoms with Gasteiger partial charge in [-0.25, -0.2) is 0 Å². The molecule has 0 radical (unpaired) electrons. The molecule has 330 valence electrons. The minimum atomic E-state index is -2.30. The summed E-state index contributed by atoms with van der Waals surface area (Å²) in [5, 5.41) is 15.9. The van der Waals surface area contributed by atoms with E-state index in [0.717, 1.165) is 22.3 Å². The Bertz CT molecular complexity index is 4100. The van der Waals surface area contributed by atoms with Gasteiger partial charge in [0, 0.05) is 32.7 Å². The average molecular weight is 927 g/mol. The molecular weight excluding hydrogens is 881 g/mol. The minimum absolute atomic E-state index is 0.933. The molecule has 0 fully saturated rings. The molecule has 2 nitrogen and oxygen atoms in total. The molecule has 0 unspecified atom stereocenters. The third-order valence-electron chi connectivity index (χ3n) is 16.3. The second-order valence-corrected chi connectivity index (χ2v) is 29.4.